The number of carbonyl (C=O) groups is 2. The molecule has 0 bridgehead atoms. The Hall–Kier alpha value is -3.40. The van der Waals surface area contributed by atoms with E-state index in [1.807, 2.05) is 11.0 Å². The molecular weight excluding hydrogens is 371 g/mol. The zero-order chi connectivity index (χ0) is 20.6. The van der Waals surface area contributed by atoms with Gasteiger partial charge >= 0.3 is 0 Å². The molecule has 0 saturated carbocycles. The minimum absolute atomic E-state index is 0.0509. The molecule has 1 fully saturated rings. The largest absolute Gasteiger partial charge is 0.368 e. The summed E-state index contributed by atoms with van der Waals surface area (Å²) in [6.45, 7) is 2.65. The van der Waals surface area contributed by atoms with Crippen LogP contribution in [0, 0.1) is 17.1 Å². The third-order valence-electron chi connectivity index (χ3n) is 4.92. The second kappa shape index (κ2) is 9.69. The lowest BCUT2D eigenvalue weighted by atomic mass is 10.1. The molecule has 0 radical (unpaired) electrons. The quantitative estimate of drug-likeness (QED) is 0.817. The van der Waals surface area contributed by atoms with Crippen molar-refractivity contribution in [2.75, 3.05) is 36.4 Å². The Morgan fingerprint density at radius 1 is 0.966 bits per heavy atom. The lowest BCUT2D eigenvalue weighted by molar-refractivity contribution is -0.131. The molecule has 3 rings (SSSR count). The van der Waals surface area contributed by atoms with Crippen LogP contribution in [0.3, 0.4) is 0 Å². The summed E-state index contributed by atoms with van der Waals surface area (Å²) in [5, 5.41) is 11.5. The molecular formula is C22H23FN4O2. The molecule has 1 heterocycles. The fourth-order valence-electron chi connectivity index (χ4n) is 3.28. The number of hydrogen-bond donors (Lipinski definition) is 1. The molecule has 0 aliphatic carbocycles. The first-order chi connectivity index (χ1) is 14.0. The number of nitrogens with one attached hydrogen (secondary N) is 1. The van der Waals surface area contributed by atoms with Crippen molar-refractivity contribution in [2.45, 2.75) is 19.3 Å². The normalized spacial score (nSPS) is 13.7. The minimum atomic E-state index is -0.259. The third-order valence-corrected chi connectivity index (χ3v) is 4.92. The Labute approximate surface area is 169 Å². The van der Waals surface area contributed by atoms with Crippen molar-refractivity contribution >= 4 is 23.2 Å². The van der Waals surface area contributed by atoms with Crippen molar-refractivity contribution in [3.05, 3.63) is 59.9 Å². The topological polar surface area (TPSA) is 76.4 Å². The predicted octanol–water partition coefficient (Wildman–Crippen LogP) is 3.15. The van der Waals surface area contributed by atoms with Crippen LogP contribution >= 0.6 is 0 Å². The maximum atomic E-state index is 13.0. The van der Waals surface area contributed by atoms with Gasteiger partial charge < -0.3 is 15.1 Å². The first-order valence-corrected chi connectivity index (χ1v) is 9.63. The van der Waals surface area contributed by atoms with E-state index in [0.717, 1.165) is 5.69 Å². The van der Waals surface area contributed by atoms with E-state index in [9.17, 15) is 14.0 Å². The van der Waals surface area contributed by atoms with Crippen LogP contribution in [0.15, 0.2) is 48.5 Å². The summed E-state index contributed by atoms with van der Waals surface area (Å²) in [5.41, 5.74) is 2.13. The van der Waals surface area contributed by atoms with Crippen molar-refractivity contribution in [1.82, 2.24) is 4.90 Å². The summed E-state index contributed by atoms with van der Waals surface area (Å²) >= 11 is 0. The van der Waals surface area contributed by atoms with Crippen molar-refractivity contribution in [1.29, 1.82) is 5.26 Å². The van der Waals surface area contributed by atoms with Crippen LogP contribution < -0.4 is 10.2 Å². The molecule has 0 spiro atoms. The van der Waals surface area contributed by atoms with Gasteiger partial charge in [0.15, 0.2) is 0 Å². The Kier molecular flexibility index (Phi) is 6.80. The SMILES string of the molecule is N#Cc1ccc(NC(=O)CCCC(=O)N2CCN(c3ccc(F)cc3)CC2)cc1. The highest BCUT2D eigenvalue weighted by Crippen LogP contribution is 2.17. The van der Waals surface area contributed by atoms with E-state index in [-0.39, 0.29) is 24.1 Å². The van der Waals surface area contributed by atoms with Gasteiger partial charge in [0, 0.05) is 50.4 Å². The molecule has 29 heavy (non-hydrogen) atoms. The van der Waals surface area contributed by atoms with E-state index in [0.29, 0.717) is 50.3 Å². The van der Waals surface area contributed by atoms with Crippen LogP contribution in [0.25, 0.3) is 0 Å². The van der Waals surface area contributed by atoms with Crippen LogP contribution in [0.5, 0.6) is 0 Å². The molecule has 1 aliphatic heterocycles. The molecule has 6 nitrogen and oxygen atoms in total. The summed E-state index contributed by atoms with van der Waals surface area (Å²) in [5.74, 6) is -0.357. The number of piperazine rings is 1. The number of carbonyl (C=O) groups excluding carboxylic acids is 2. The van der Waals surface area contributed by atoms with Gasteiger partial charge in [0.2, 0.25) is 11.8 Å². The average molecular weight is 394 g/mol. The number of anilines is 2. The van der Waals surface area contributed by atoms with E-state index in [1.54, 1.807) is 36.4 Å². The third kappa shape index (κ3) is 5.79. The highest BCUT2D eigenvalue weighted by atomic mass is 19.1. The van der Waals surface area contributed by atoms with Gasteiger partial charge in [-0.25, -0.2) is 4.39 Å². The fourth-order valence-corrected chi connectivity index (χ4v) is 3.28. The molecule has 7 heteroatoms. The van der Waals surface area contributed by atoms with E-state index >= 15 is 0 Å². The molecule has 2 amide bonds. The van der Waals surface area contributed by atoms with Gasteiger partial charge in [-0.05, 0) is 55.0 Å². The maximum absolute atomic E-state index is 13.0. The number of halogens is 1. The van der Waals surface area contributed by atoms with Crippen molar-refractivity contribution in [3.8, 4) is 6.07 Å². The molecule has 1 saturated heterocycles. The van der Waals surface area contributed by atoms with Crippen LogP contribution in [0.2, 0.25) is 0 Å². The lowest BCUT2D eigenvalue weighted by Gasteiger charge is -2.36. The van der Waals surface area contributed by atoms with Gasteiger partial charge in [-0.15, -0.1) is 0 Å². The van der Waals surface area contributed by atoms with Crippen molar-refractivity contribution in [3.63, 3.8) is 0 Å². The highest BCUT2D eigenvalue weighted by Gasteiger charge is 2.21. The zero-order valence-corrected chi connectivity index (χ0v) is 16.1. The molecule has 2 aromatic carbocycles. The minimum Gasteiger partial charge on any atom is -0.368 e. The molecule has 2 aromatic rings. The molecule has 0 atom stereocenters. The number of nitriles is 1. The summed E-state index contributed by atoms with van der Waals surface area (Å²) in [7, 11) is 0. The van der Waals surface area contributed by atoms with Crippen LogP contribution in [0.4, 0.5) is 15.8 Å². The van der Waals surface area contributed by atoms with Crippen molar-refractivity contribution < 1.29 is 14.0 Å². The standard InChI is InChI=1S/C22H23FN4O2/c23-18-6-10-20(11-7-18)26-12-14-27(15-13-26)22(29)3-1-2-21(28)25-19-8-4-17(16-24)5-9-19/h4-11H,1-3,12-15H2,(H,25,28). The van der Waals surface area contributed by atoms with E-state index in [4.69, 9.17) is 5.26 Å². The van der Waals surface area contributed by atoms with Gasteiger partial charge in [-0.2, -0.15) is 5.26 Å². The van der Waals surface area contributed by atoms with Gasteiger partial charge in [-0.3, -0.25) is 9.59 Å². The summed E-state index contributed by atoms with van der Waals surface area (Å²) in [6, 6.07) is 15.1. The van der Waals surface area contributed by atoms with Gasteiger partial charge in [0.25, 0.3) is 0 Å². The number of nitrogens with zero attached hydrogens (tertiary/aromatic N) is 3. The second-order valence-corrected chi connectivity index (χ2v) is 6.94. The first kappa shape index (κ1) is 20.3. The monoisotopic (exact) mass is 394 g/mol. The Morgan fingerprint density at radius 2 is 1.62 bits per heavy atom. The molecule has 0 aromatic heterocycles. The highest BCUT2D eigenvalue weighted by molar-refractivity contribution is 5.91. The number of benzene rings is 2. The Morgan fingerprint density at radius 3 is 2.24 bits per heavy atom. The number of amides is 2. The van der Waals surface area contributed by atoms with E-state index in [1.165, 1.54) is 12.1 Å². The maximum Gasteiger partial charge on any atom is 0.224 e. The fraction of sp³-hybridized carbons (Fsp3) is 0.318. The van der Waals surface area contributed by atoms with Gasteiger partial charge in [0.05, 0.1) is 11.6 Å². The summed E-state index contributed by atoms with van der Waals surface area (Å²) in [4.78, 5) is 28.4. The number of rotatable bonds is 6. The Balaban J connectivity index is 1.37. The smallest absolute Gasteiger partial charge is 0.224 e. The summed E-state index contributed by atoms with van der Waals surface area (Å²) < 4.78 is 13.0. The Bertz CT molecular complexity index is 883. The van der Waals surface area contributed by atoms with Crippen LogP contribution in [-0.2, 0) is 9.59 Å². The zero-order valence-electron chi connectivity index (χ0n) is 16.1. The average Bonchev–Trinajstić information content (AvgIpc) is 2.75. The van der Waals surface area contributed by atoms with Crippen LogP contribution in [0.1, 0.15) is 24.8 Å². The van der Waals surface area contributed by atoms with Crippen molar-refractivity contribution in [2.24, 2.45) is 0 Å². The lowest BCUT2D eigenvalue weighted by Crippen LogP contribution is -2.48. The number of hydrogen-bond acceptors (Lipinski definition) is 4. The van der Waals surface area contributed by atoms with Gasteiger partial charge in [-0.1, -0.05) is 0 Å². The summed E-state index contributed by atoms with van der Waals surface area (Å²) in [6.07, 6.45) is 1.08. The molecule has 1 N–H and O–H groups in total. The van der Waals surface area contributed by atoms with Crippen LogP contribution in [-0.4, -0.2) is 42.9 Å². The first-order valence-electron chi connectivity index (χ1n) is 9.63. The molecule has 1 aliphatic rings. The molecule has 0 unspecified atom stereocenters. The molecule has 150 valence electrons. The second-order valence-electron chi connectivity index (χ2n) is 6.94. The van der Waals surface area contributed by atoms with Gasteiger partial charge in [0.1, 0.15) is 5.82 Å². The van der Waals surface area contributed by atoms with E-state index < -0.39 is 0 Å². The van der Waals surface area contributed by atoms with E-state index in [2.05, 4.69) is 10.2 Å². The predicted molar refractivity (Wildman–Crippen MR) is 109 cm³/mol.